The number of hydrogen-bond acceptors (Lipinski definition) is 5. The van der Waals surface area contributed by atoms with E-state index >= 15 is 0 Å². The lowest BCUT2D eigenvalue weighted by molar-refractivity contribution is -0.124. The number of nitrogens with one attached hydrogen (secondary N) is 3. The lowest BCUT2D eigenvalue weighted by Gasteiger charge is -2.28. The van der Waals surface area contributed by atoms with Gasteiger partial charge in [0.05, 0.1) is 23.1 Å². The van der Waals surface area contributed by atoms with Gasteiger partial charge in [-0.2, -0.15) is 0 Å². The first-order valence-corrected chi connectivity index (χ1v) is 8.94. The topological polar surface area (TPSA) is 95.6 Å². The molecule has 3 aromatic rings. The van der Waals surface area contributed by atoms with Gasteiger partial charge < -0.3 is 15.6 Å². The Hall–Kier alpha value is -2.67. The largest absolute Gasteiger partial charge is 0.357 e. The number of rotatable bonds is 4. The van der Waals surface area contributed by atoms with Crippen LogP contribution in [0.3, 0.4) is 0 Å². The highest BCUT2D eigenvalue weighted by molar-refractivity contribution is 6.31. The molecule has 134 valence electrons. The van der Waals surface area contributed by atoms with Crippen LogP contribution >= 0.6 is 11.6 Å². The van der Waals surface area contributed by atoms with Crippen LogP contribution in [0.4, 0.5) is 5.82 Å². The van der Waals surface area contributed by atoms with Gasteiger partial charge >= 0.3 is 0 Å². The average molecular weight is 371 g/mol. The highest BCUT2D eigenvalue weighted by Gasteiger charge is 2.40. The number of H-pyrrole nitrogens is 1. The molecule has 0 atom stereocenters. The molecule has 1 fully saturated rings. The minimum atomic E-state index is -0.618. The lowest BCUT2D eigenvalue weighted by atomic mass is 9.96. The number of aromatic amines is 1. The van der Waals surface area contributed by atoms with Crippen molar-refractivity contribution in [2.75, 3.05) is 12.4 Å². The number of aromatic nitrogens is 4. The summed E-state index contributed by atoms with van der Waals surface area (Å²) in [6.07, 6.45) is 10.4. The van der Waals surface area contributed by atoms with Crippen molar-refractivity contribution in [1.29, 1.82) is 0 Å². The van der Waals surface area contributed by atoms with Gasteiger partial charge in [0.15, 0.2) is 0 Å². The summed E-state index contributed by atoms with van der Waals surface area (Å²) < 4.78 is 0. The van der Waals surface area contributed by atoms with Crippen molar-refractivity contribution in [3.05, 3.63) is 35.9 Å². The van der Waals surface area contributed by atoms with Gasteiger partial charge in [0, 0.05) is 30.4 Å². The normalized spacial score (nSPS) is 15.9. The molecular formula is C18H19ClN6O. The maximum Gasteiger partial charge on any atom is 0.245 e. The Morgan fingerprint density at radius 2 is 2.08 bits per heavy atom. The number of anilines is 1. The van der Waals surface area contributed by atoms with Gasteiger partial charge in [0.1, 0.15) is 17.0 Å². The molecule has 1 saturated carbocycles. The number of carbonyl (C=O) groups excluding carboxylic acids is 1. The first-order valence-electron chi connectivity index (χ1n) is 8.57. The summed E-state index contributed by atoms with van der Waals surface area (Å²) >= 11 is 6.08. The van der Waals surface area contributed by atoms with E-state index in [0.717, 1.165) is 42.3 Å². The molecular weight excluding hydrogens is 352 g/mol. The van der Waals surface area contributed by atoms with Crippen LogP contribution in [0.2, 0.25) is 5.02 Å². The van der Waals surface area contributed by atoms with Gasteiger partial charge in [-0.05, 0) is 18.9 Å². The standard InChI is InChI=1S/C18H19ClN6O/c1-20-17(26)18(4-2-3-5-18)25-15-10-21-9-14(24-15)13-8-23-16-12(13)6-11(19)7-22-16/h6-10H,2-5H2,1H3,(H,20,26)(H,22,23)(H,24,25). The Morgan fingerprint density at radius 3 is 2.85 bits per heavy atom. The summed E-state index contributed by atoms with van der Waals surface area (Å²) in [4.78, 5) is 28.8. The van der Waals surface area contributed by atoms with Crippen molar-refractivity contribution in [3.8, 4) is 11.3 Å². The van der Waals surface area contributed by atoms with E-state index in [1.54, 1.807) is 25.6 Å². The van der Waals surface area contributed by atoms with E-state index in [-0.39, 0.29) is 5.91 Å². The van der Waals surface area contributed by atoms with Crippen molar-refractivity contribution in [2.45, 2.75) is 31.2 Å². The molecule has 0 aromatic carbocycles. The van der Waals surface area contributed by atoms with Gasteiger partial charge in [-0.1, -0.05) is 24.4 Å². The number of carbonyl (C=O) groups is 1. The minimum absolute atomic E-state index is 0.00900. The maximum atomic E-state index is 12.4. The fraction of sp³-hybridized carbons (Fsp3) is 0.333. The second-order valence-corrected chi connectivity index (χ2v) is 6.97. The van der Waals surface area contributed by atoms with Crippen molar-refractivity contribution in [1.82, 2.24) is 25.3 Å². The number of fused-ring (bicyclic) bond motifs is 1. The molecule has 0 radical (unpaired) electrons. The molecule has 1 amide bonds. The van der Waals surface area contributed by atoms with Gasteiger partial charge in [-0.15, -0.1) is 0 Å². The van der Waals surface area contributed by atoms with Gasteiger partial charge in [0.25, 0.3) is 0 Å². The average Bonchev–Trinajstić information content (AvgIpc) is 3.28. The van der Waals surface area contributed by atoms with Crippen LogP contribution in [0.15, 0.2) is 30.9 Å². The third-order valence-electron chi connectivity index (χ3n) is 4.89. The second kappa shape index (κ2) is 6.57. The lowest BCUT2D eigenvalue weighted by Crippen LogP contribution is -2.49. The molecule has 3 heterocycles. The van der Waals surface area contributed by atoms with Crippen LogP contribution in [0, 0.1) is 0 Å². The number of amides is 1. The van der Waals surface area contributed by atoms with E-state index in [4.69, 9.17) is 11.6 Å². The number of nitrogens with zero attached hydrogens (tertiary/aromatic N) is 3. The molecule has 7 nitrogen and oxygen atoms in total. The fourth-order valence-electron chi connectivity index (χ4n) is 3.62. The molecule has 1 aliphatic rings. The number of pyridine rings is 1. The van der Waals surface area contributed by atoms with E-state index in [9.17, 15) is 4.79 Å². The van der Waals surface area contributed by atoms with Crippen LogP contribution in [0.1, 0.15) is 25.7 Å². The zero-order valence-electron chi connectivity index (χ0n) is 14.3. The van der Waals surface area contributed by atoms with Gasteiger partial charge in [0.2, 0.25) is 5.91 Å². The van der Waals surface area contributed by atoms with Gasteiger partial charge in [-0.3, -0.25) is 9.78 Å². The number of likely N-dealkylation sites (N-methyl/N-ethyl adjacent to an activating group) is 1. The predicted molar refractivity (Wildman–Crippen MR) is 101 cm³/mol. The van der Waals surface area contributed by atoms with E-state index in [0.29, 0.717) is 16.5 Å². The van der Waals surface area contributed by atoms with Crippen LogP contribution in [-0.4, -0.2) is 38.4 Å². The van der Waals surface area contributed by atoms with Crippen LogP contribution in [0.5, 0.6) is 0 Å². The first kappa shape index (κ1) is 16.8. The Kier molecular flexibility index (Phi) is 4.24. The van der Waals surface area contributed by atoms with E-state index in [1.165, 1.54) is 0 Å². The van der Waals surface area contributed by atoms with Crippen molar-refractivity contribution in [2.24, 2.45) is 0 Å². The minimum Gasteiger partial charge on any atom is -0.357 e. The fourth-order valence-corrected chi connectivity index (χ4v) is 3.78. The van der Waals surface area contributed by atoms with Crippen molar-refractivity contribution in [3.63, 3.8) is 0 Å². The van der Waals surface area contributed by atoms with E-state index in [2.05, 4.69) is 30.6 Å². The summed E-state index contributed by atoms with van der Waals surface area (Å²) in [5.74, 6) is 0.572. The number of halogens is 1. The Morgan fingerprint density at radius 1 is 1.27 bits per heavy atom. The van der Waals surface area contributed by atoms with Crippen molar-refractivity contribution < 1.29 is 4.79 Å². The molecule has 4 rings (SSSR count). The van der Waals surface area contributed by atoms with Crippen molar-refractivity contribution >= 4 is 34.4 Å². The van der Waals surface area contributed by atoms with Crippen LogP contribution < -0.4 is 10.6 Å². The maximum absolute atomic E-state index is 12.4. The third kappa shape index (κ3) is 2.88. The highest BCUT2D eigenvalue weighted by Crippen LogP contribution is 2.34. The zero-order valence-corrected chi connectivity index (χ0v) is 15.1. The Labute approximate surface area is 155 Å². The summed E-state index contributed by atoms with van der Waals surface area (Å²) in [6.45, 7) is 0. The molecule has 1 aliphatic carbocycles. The molecule has 3 aromatic heterocycles. The SMILES string of the molecule is CNC(=O)C1(Nc2cncc(-c3c[nH]c4ncc(Cl)cc34)n2)CCCC1. The quantitative estimate of drug-likeness (QED) is 0.655. The summed E-state index contributed by atoms with van der Waals surface area (Å²) in [5.41, 5.74) is 1.68. The molecule has 0 bridgehead atoms. The zero-order chi connectivity index (χ0) is 18.1. The van der Waals surface area contributed by atoms with E-state index < -0.39 is 5.54 Å². The first-order chi connectivity index (χ1) is 12.6. The molecule has 0 aliphatic heterocycles. The molecule has 8 heteroatoms. The van der Waals surface area contributed by atoms with E-state index in [1.807, 2.05) is 12.3 Å². The smallest absolute Gasteiger partial charge is 0.245 e. The second-order valence-electron chi connectivity index (χ2n) is 6.53. The summed E-state index contributed by atoms with van der Waals surface area (Å²) in [7, 11) is 1.66. The molecule has 26 heavy (non-hydrogen) atoms. The van der Waals surface area contributed by atoms with Crippen LogP contribution in [0.25, 0.3) is 22.3 Å². The Bertz CT molecular complexity index is 963. The molecule has 0 spiro atoms. The third-order valence-corrected chi connectivity index (χ3v) is 5.10. The monoisotopic (exact) mass is 370 g/mol. The summed E-state index contributed by atoms with van der Waals surface area (Å²) in [5, 5.41) is 7.53. The molecule has 0 saturated heterocycles. The summed E-state index contributed by atoms with van der Waals surface area (Å²) in [6, 6.07) is 1.85. The van der Waals surface area contributed by atoms with Gasteiger partial charge in [-0.25, -0.2) is 9.97 Å². The Balaban J connectivity index is 1.70. The molecule has 3 N–H and O–H groups in total. The number of hydrogen-bond donors (Lipinski definition) is 3. The predicted octanol–water partition coefficient (Wildman–Crippen LogP) is 3.14. The molecule has 0 unspecified atom stereocenters. The van der Waals surface area contributed by atoms with Crippen LogP contribution in [-0.2, 0) is 4.79 Å². The highest BCUT2D eigenvalue weighted by atomic mass is 35.5.